The Balaban J connectivity index is 2.20. The van der Waals surface area contributed by atoms with Gasteiger partial charge in [-0.15, -0.1) is 11.3 Å². The van der Waals surface area contributed by atoms with Crippen LogP contribution in [0.15, 0.2) is 0 Å². The molecule has 1 aliphatic carbocycles. The summed E-state index contributed by atoms with van der Waals surface area (Å²) < 4.78 is 0. The predicted molar refractivity (Wildman–Crippen MR) is 56.5 cm³/mol. The molecule has 72 valence electrons. The molecule has 0 fully saturated rings. The normalized spacial score (nSPS) is 20.6. The van der Waals surface area contributed by atoms with Gasteiger partial charge in [0.05, 0.1) is 10.7 Å². The second-order valence-electron chi connectivity index (χ2n) is 3.56. The van der Waals surface area contributed by atoms with Crippen LogP contribution < -0.4 is 5.32 Å². The Labute approximate surface area is 83.4 Å². The summed E-state index contributed by atoms with van der Waals surface area (Å²) in [6.45, 7) is 3.26. The van der Waals surface area contributed by atoms with Gasteiger partial charge in [-0.2, -0.15) is 0 Å². The van der Waals surface area contributed by atoms with E-state index in [0.717, 1.165) is 13.0 Å². The number of thiazole rings is 1. The van der Waals surface area contributed by atoms with Crippen molar-refractivity contribution in [2.24, 2.45) is 0 Å². The molecular weight excluding hydrogens is 180 g/mol. The van der Waals surface area contributed by atoms with Crippen LogP contribution in [0.25, 0.3) is 0 Å². The number of aromatic nitrogens is 1. The van der Waals surface area contributed by atoms with Crippen LogP contribution in [0.4, 0.5) is 0 Å². The summed E-state index contributed by atoms with van der Waals surface area (Å²) in [7, 11) is 2.02. The quantitative estimate of drug-likeness (QED) is 0.799. The van der Waals surface area contributed by atoms with Crippen molar-refractivity contribution in [1.82, 2.24) is 10.3 Å². The number of likely N-dealkylation sites (N-methyl/N-ethyl adjacent to an activating group) is 1. The molecule has 1 heterocycles. The number of rotatable bonds is 3. The average Bonchev–Trinajstić information content (AvgIpc) is 2.67. The summed E-state index contributed by atoms with van der Waals surface area (Å²) in [5.74, 6) is 0.677. The molecule has 1 aliphatic rings. The highest BCUT2D eigenvalue weighted by Crippen LogP contribution is 2.35. The van der Waals surface area contributed by atoms with E-state index in [1.165, 1.54) is 28.4 Å². The molecule has 0 radical (unpaired) electrons. The zero-order valence-corrected chi connectivity index (χ0v) is 9.08. The number of hydrogen-bond donors (Lipinski definition) is 1. The first-order valence-corrected chi connectivity index (χ1v) is 5.79. The molecule has 1 atom stereocenters. The molecule has 0 bridgehead atoms. The maximum Gasteiger partial charge on any atom is 0.0928 e. The van der Waals surface area contributed by atoms with E-state index in [4.69, 9.17) is 0 Å². The third-order valence-electron chi connectivity index (χ3n) is 2.63. The van der Waals surface area contributed by atoms with E-state index in [9.17, 15) is 0 Å². The van der Waals surface area contributed by atoms with Gasteiger partial charge < -0.3 is 5.32 Å². The van der Waals surface area contributed by atoms with Crippen LogP contribution in [0.1, 0.15) is 34.8 Å². The van der Waals surface area contributed by atoms with Crippen molar-refractivity contribution in [3.8, 4) is 0 Å². The lowest BCUT2D eigenvalue weighted by atomic mass is 10.1. The van der Waals surface area contributed by atoms with Crippen molar-refractivity contribution in [2.75, 3.05) is 13.6 Å². The zero-order valence-electron chi connectivity index (χ0n) is 8.26. The number of nitrogens with zero attached hydrogens (tertiary/aromatic N) is 1. The number of hydrogen-bond acceptors (Lipinski definition) is 3. The van der Waals surface area contributed by atoms with Gasteiger partial charge in [-0.1, -0.05) is 6.92 Å². The van der Waals surface area contributed by atoms with Crippen molar-refractivity contribution in [3.05, 3.63) is 15.6 Å². The van der Waals surface area contributed by atoms with Crippen LogP contribution in [0, 0.1) is 0 Å². The molecule has 1 aromatic heterocycles. The molecule has 1 unspecified atom stereocenters. The molecule has 0 spiro atoms. The number of nitrogens with one attached hydrogen (secondary N) is 1. The Hall–Kier alpha value is -0.410. The van der Waals surface area contributed by atoms with Crippen LogP contribution in [0.5, 0.6) is 0 Å². The second kappa shape index (κ2) is 3.76. The Kier molecular flexibility index (Phi) is 2.65. The van der Waals surface area contributed by atoms with Gasteiger partial charge in [0.15, 0.2) is 0 Å². The summed E-state index contributed by atoms with van der Waals surface area (Å²) in [5, 5.41) is 4.55. The average molecular weight is 196 g/mol. The van der Waals surface area contributed by atoms with Crippen LogP contribution in [0.2, 0.25) is 0 Å². The first-order chi connectivity index (χ1) is 6.35. The third-order valence-corrected chi connectivity index (χ3v) is 3.91. The third kappa shape index (κ3) is 1.63. The van der Waals surface area contributed by atoms with E-state index in [0.29, 0.717) is 5.92 Å². The first-order valence-electron chi connectivity index (χ1n) is 4.98. The Bertz CT molecular complexity index is 293. The lowest BCUT2D eigenvalue weighted by molar-refractivity contribution is 0.611. The molecule has 0 saturated heterocycles. The monoisotopic (exact) mass is 196 g/mol. The Morgan fingerprint density at radius 2 is 2.46 bits per heavy atom. The molecule has 2 rings (SSSR count). The minimum Gasteiger partial charge on any atom is -0.319 e. The molecule has 1 aromatic rings. The minimum absolute atomic E-state index is 0.677. The van der Waals surface area contributed by atoms with E-state index in [1.54, 1.807) is 0 Å². The zero-order chi connectivity index (χ0) is 9.26. The van der Waals surface area contributed by atoms with Gasteiger partial charge in [-0.3, -0.25) is 0 Å². The molecule has 13 heavy (non-hydrogen) atoms. The summed E-state index contributed by atoms with van der Waals surface area (Å²) in [6.07, 6.45) is 3.63. The SMILES string of the molecule is CCc1nc2c(s1)CCC2CNC. The van der Waals surface area contributed by atoms with E-state index in [-0.39, 0.29) is 0 Å². The van der Waals surface area contributed by atoms with Gasteiger partial charge >= 0.3 is 0 Å². The highest BCUT2D eigenvalue weighted by atomic mass is 32.1. The van der Waals surface area contributed by atoms with Gasteiger partial charge in [0, 0.05) is 17.3 Å². The minimum atomic E-state index is 0.677. The highest BCUT2D eigenvalue weighted by Gasteiger charge is 2.25. The smallest absolute Gasteiger partial charge is 0.0928 e. The van der Waals surface area contributed by atoms with Gasteiger partial charge in [-0.05, 0) is 26.3 Å². The number of aryl methyl sites for hydroxylation is 2. The van der Waals surface area contributed by atoms with Crippen molar-refractivity contribution < 1.29 is 0 Å². The van der Waals surface area contributed by atoms with Gasteiger partial charge in [0.2, 0.25) is 0 Å². The molecule has 2 nitrogen and oxygen atoms in total. The van der Waals surface area contributed by atoms with Gasteiger partial charge in [0.1, 0.15) is 0 Å². The maximum atomic E-state index is 4.69. The largest absolute Gasteiger partial charge is 0.319 e. The molecular formula is C10H16N2S. The summed E-state index contributed by atoms with van der Waals surface area (Å²) in [5.41, 5.74) is 1.39. The standard InChI is InChI=1S/C10H16N2S/c1-3-9-12-10-7(6-11-2)4-5-8(10)13-9/h7,11H,3-6H2,1-2H3. The fraction of sp³-hybridized carbons (Fsp3) is 0.700. The van der Waals surface area contributed by atoms with E-state index >= 15 is 0 Å². The summed E-state index contributed by atoms with van der Waals surface area (Å²) >= 11 is 1.91. The molecule has 0 aliphatic heterocycles. The van der Waals surface area contributed by atoms with Gasteiger partial charge in [0.25, 0.3) is 0 Å². The van der Waals surface area contributed by atoms with Crippen LogP contribution in [-0.4, -0.2) is 18.6 Å². The fourth-order valence-corrected chi connectivity index (χ4v) is 3.06. The Morgan fingerprint density at radius 1 is 1.62 bits per heavy atom. The predicted octanol–water partition coefficient (Wildman–Crippen LogP) is 1.95. The molecule has 1 N–H and O–H groups in total. The van der Waals surface area contributed by atoms with Crippen LogP contribution in [-0.2, 0) is 12.8 Å². The van der Waals surface area contributed by atoms with E-state index in [1.807, 2.05) is 18.4 Å². The lowest BCUT2D eigenvalue weighted by Crippen LogP contribution is -2.15. The van der Waals surface area contributed by atoms with Crippen molar-refractivity contribution in [1.29, 1.82) is 0 Å². The maximum absolute atomic E-state index is 4.69. The Morgan fingerprint density at radius 3 is 3.15 bits per heavy atom. The summed E-state index contributed by atoms with van der Waals surface area (Å²) in [4.78, 5) is 6.23. The van der Waals surface area contributed by atoms with Crippen LogP contribution >= 0.6 is 11.3 Å². The van der Waals surface area contributed by atoms with E-state index in [2.05, 4.69) is 17.2 Å². The first kappa shape index (κ1) is 9.16. The topological polar surface area (TPSA) is 24.9 Å². The van der Waals surface area contributed by atoms with Gasteiger partial charge in [-0.25, -0.2) is 4.98 Å². The molecule has 0 saturated carbocycles. The van der Waals surface area contributed by atoms with E-state index < -0.39 is 0 Å². The van der Waals surface area contributed by atoms with Crippen molar-refractivity contribution in [3.63, 3.8) is 0 Å². The summed E-state index contributed by atoms with van der Waals surface area (Å²) in [6, 6.07) is 0. The van der Waals surface area contributed by atoms with Crippen LogP contribution in [0.3, 0.4) is 0 Å². The lowest BCUT2D eigenvalue weighted by Gasteiger charge is -2.06. The molecule has 3 heteroatoms. The highest BCUT2D eigenvalue weighted by molar-refractivity contribution is 7.11. The molecule has 0 amide bonds. The van der Waals surface area contributed by atoms with Crippen molar-refractivity contribution in [2.45, 2.75) is 32.1 Å². The second-order valence-corrected chi connectivity index (χ2v) is 4.73. The molecule has 0 aromatic carbocycles. The number of fused-ring (bicyclic) bond motifs is 1. The van der Waals surface area contributed by atoms with Crippen molar-refractivity contribution >= 4 is 11.3 Å². The fourth-order valence-electron chi connectivity index (χ4n) is 1.95.